The van der Waals surface area contributed by atoms with E-state index in [4.69, 9.17) is 5.73 Å². The molecule has 0 bridgehead atoms. The Morgan fingerprint density at radius 2 is 1.52 bits per heavy atom. The number of carbonyl (C=O) groups is 2. The minimum Gasteiger partial charge on any atom is -0.315 e. The first-order chi connectivity index (χ1) is 11.1. The second kappa shape index (κ2) is 4.86. The Balaban J connectivity index is 2.03. The van der Waals surface area contributed by atoms with Crippen molar-refractivity contribution in [2.24, 2.45) is 5.73 Å². The Bertz CT molecular complexity index is 1000. The standard InChI is InChI=1S/C20H15NO2/c21-20(12-16(22)8-9-19(20)23)18-7-3-6-15-10-13-4-1-2-5-14(13)11-17(15)18/h1-11H,12,21H2. The van der Waals surface area contributed by atoms with Crippen molar-refractivity contribution in [3.63, 3.8) is 0 Å². The molecule has 0 fully saturated rings. The van der Waals surface area contributed by atoms with Crippen molar-refractivity contribution in [3.05, 3.63) is 72.3 Å². The van der Waals surface area contributed by atoms with Gasteiger partial charge in [-0.3, -0.25) is 9.59 Å². The number of rotatable bonds is 1. The normalized spacial score (nSPS) is 21.3. The smallest absolute Gasteiger partial charge is 0.180 e. The third-order valence-electron chi connectivity index (χ3n) is 4.54. The minimum absolute atomic E-state index is 0.00821. The number of allylic oxidation sites excluding steroid dienone is 1. The molecule has 3 aromatic carbocycles. The van der Waals surface area contributed by atoms with Gasteiger partial charge in [0.15, 0.2) is 11.6 Å². The van der Waals surface area contributed by atoms with Gasteiger partial charge >= 0.3 is 0 Å². The molecule has 1 unspecified atom stereocenters. The highest BCUT2D eigenvalue weighted by Crippen LogP contribution is 2.34. The summed E-state index contributed by atoms with van der Waals surface area (Å²) in [6.07, 6.45) is 2.62. The van der Waals surface area contributed by atoms with Crippen LogP contribution >= 0.6 is 0 Å². The van der Waals surface area contributed by atoms with Crippen molar-refractivity contribution >= 4 is 33.1 Å². The molecule has 3 nitrogen and oxygen atoms in total. The highest BCUT2D eigenvalue weighted by atomic mass is 16.1. The van der Waals surface area contributed by atoms with Gasteiger partial charge in [-0.2, -0.15) is 0 Å². The largest absolute Gasteiger partial charge is 0.315 e. The first-order valence-electron chi connectivity index (χ1n) is 7.54. The number of nitrogens with two attached hydrogens (primary N) is 1. The first-order valence-corrected chi connectivity index (χ1v) is 7.54. The van der Waals surface area contributed by atoms with E-state index in [0.29, 0.717) is 5.56 Å². The molecule has 1 aliphatic rings. The summed E-state index contributed by atoms with van der Waals surface area (Å²) in [5.41, 5.74) is 5.83. The molecule has 0 radical (unpaired) electrons. The van der Waals surface area contributed by atoms with Crippen molar-refractivity contribution in [2.45, 2.75) is 12.0 Å². The number of ketones is 2. The van der Waals surface area contributed by atoms with Crippen LogP contribution in [0.25, 0.3) is 21.5 Å². The number of hydrogen-bond donors (Lipinski definition) is 1. The molecule has 1 aliphatic carbocycles. The number of hydrogen-bond acceptors (Lipinski definition) is 3. The van der Waals surface area contributed by atoms with Crippen LogP contribution in [0.15, 0.2) is 66.7 Å². The van der Waals surface area contributed by atoms with Gasteiger partial charge in [0, 0.05) is 6.42 Å². The van der Waals surface area contributed by atoms with Crippen LogP contribution in [0.4, 0.5) is 0 Å². The average molecular weight is 301 g/mol. The molecule has 0 heterocycles. The molecule has 4 rings (SSSR count). The Morgan fingerprint density at radius 1 is 0.826 bits per heavy atom. The van der Waals surface area contributed by atoms with Gasteiger partial charge in [0.2, 0.25) is 0 Å². The van der Waals surface area contributed by atoms with E-state index in [1.807, 2.05) is 42.5 Å². The highest BCUT2D eigenvalue weighted by molar-refractivity contribution is 6.12. The van der Waals surface area contributed by atoms with E-state index >= 15 is 0 Å². The lowest BCUT2D eigenvalue weighted by atomic mass is 9.77. The predicted molar refractivity (Wildman–Crippen MR) is 91.1 cm³/mol. The Kier molecular flexibility index (Phi) is 2.93. The van der Waals surface area contributed by atoms with Crippen molar-refractivity contribution in [1.29, 1.82) is 0 Å². The van der Waals surface area contributed by atoms with Gasteiger partial charge in [0.25, 0.3) is 0 Å². The van der Waals surface area contributed by atoms with Crippen LogP contribution < -0.4 is 5.73 Å². The van der Waals surface area contributed by atoms with Crippen molar-refractivity contribution in [2.75, 3.05) is 0 Å². The maximum atomic E-state index is 12.4. The number of fused-ring (bicyclic) bond motifs is 2. The van der Waals surface area contributed by atoms with Crippen LogP contribution in [0.3, 0.4) is 0 Å². The highest BCUT2D eigenvalue weighted by Gasteiger charge is 2.39. The zero-order chi connectivity index (χ0) is 16.0. The molecule has 3 aromatic rings. The molecule has 3 heteroatoms. The lowest BCUT2D eigenvalue weighted by Gasteiger charge is -2.30. The summed E-state index contributed by atoms with van der Waals surface area (Å²) in [6, 6.07) is 17.9. The first kappa shape index (κ1) is 13.9. The van der Waals surface area contributed by atoms with Crippen LogP contribution in [-0.4, -0.2) is 11.6 Å². The zero-order valence-electron chi connectivity index (χ0n) is 12.5. The fraction of sp³-hybridized carbons (Fsp3) is 0.100. The van der Waals surface area contributed by atoms with Gasteiger partial charge in [0.05, 0.1) is 0 Å². The fourth-order valence-corrected chi connectivity index (χ4v) is 3.32. The van der Waals surface area contributed by atoms with Gasteiger partial charge in [-0.1, -0.05) is 42.5 Å². The molecule has 0 saturated carbocycles. The molecule has 1 atom stereocenters. The molecular formula is C20H15NO2. The maximum Gasteiger partial charge on any atom is 0.180 e. The molecular weight excluding hydrogens is 286 g/mol. The summed E-state index contributed by atoms with van der Waals surface area (Å²) < 4.78 is 0. The molecule has 0 spiro atoms. The summed E-state index contributed by atoms with van der Waals surface area (Å²) in [5, 5.41) is 4.15. The zero-order valence-corrected chi connectivity index (χ0v) is 12.5. The molecule has 112 valence electrons. The van der Waals surface area contributed by atoms with E-state index in [-0.39, 0.29) is 18.0 Å². The lowest BCUT2D eigenvalue weighted by molar-refractivity contribution is -0.126. The predicted octanol–water partition coefficient (Wildman–Crippen LogP) is 3.25. The van der Waals surface area contributed by atoms with Gasteiger partial charge in [0.1, 0.15) is 5.54 Å². The lowest BCUT2D eigenvalue weighted by Crippen LogP contribution is -2.47. The quantitative estimate of drug-likeness (QED) is 0.702. The molecule has 0 amide bonds. The van der Waals surface area contributed by atoms with Crippen LogP contribution in [0.1, 0.15) is 12.0 Å². The van der Waals surface area contributed by atoms with Gasteiger partial charge in [-0.15, -0.1) is 0 Å². The Labute approximate surface area is 133 Å². The maximum absolute atomic E-state index is 12.4. The van der Waals surface area contributed by atoms with E-state index in [2.05, 4.69) is 12.1 Å². The van der Waals surface area contributed by atoms with Crippen LogP contribution in [0, 0.1) is 0 Å². The number of carbonyl (C=O) groups excluding carboxylic acids is 2. The van der Waals surface area contributed by atoms with Crippen LogP contribution in [0.5, 0.6) is 0 Å². The summed E-state index contributed by atoms with van der Waals surface area (Å²) in [4.78, 5) is 24.2. The van der Waals surface area contributed by atoms with E-state index in [9.17, 15) is 9.59 Å². The van der Waals surface area contributed by atoms with E-state index < -0.39 is 5.54 Å². The summed E-state index contributed by atoms with van der Waals surface area (Å²) in [5.74, 6) is -0.345. The van der Waals surface area contributed by atoms with Gasteiger partial charge in [-0.05, 0) is 51.4 Å². The van der Waals surface area contributed by atoms with Crippen LogP contribution in [0.2, 0.25) is 0 Å². The summed E-state index contributed by atoms with van der Waals surface area (Å²) in [7, 11) is 0. The van der Waals surface area contributed by atoms with E-state index in [1.54, 1.807) is 0 Å². The number of benzene rings is 3. The molecule has 0 saturated heterocycles. The van der Waals surface area contributed by atoms with Crippen LogP contribution in [-0.2, 0) is 15.1 Å². The second-order valence-electron chi connectivity index (χ2n) is 6.04. The Morgan fingerprint density at radius 3 is 2.30 bits per heavy atom. The summed E-state index contributed by atoms with van der Waals surface area (Å²) in [6.45, 7) is 0. The third kappa shape index (κ3) is 2.09. The molecule has 23 heavy (non-hydrogen) atoms. The minimum atomic E-state index is -1.28. The Hall–Kier alpha value is -2.78. The molecule has 0 aromatic heterocycles. The van der Waals surface area contributed by atoms with Gasteiger partial charge < -0.3 is 5.73 Å². The molecule has 2 N–H and O–H groups in total. The third-order valence-corrected chi connectivity index (χ3v) is 4.54. The van der Waals surface area contributed by atoms with Crippen molar-refractivity contribution < 1.29 is 9.59 Å². The molecule has 0 aliphatic heterocycles. The topological polar surface area (TPSA) is 60.2 Å². The second-order valence-corrected chi connectivity index (χ2v) is 6.04. The van der Waals surface area contributed by atoms with Crippen molar-refractivity contribution in [1.82, 2.24) is 0 Å². The fourth-order valence-electron chi connectivity index (χ4n) is 3.32. The SMILES string of the molecule is NC1(c2cccc3cc4ccccc4cc23)CC(=O)C=CC1=O. The van der Waals surface area contributed by atoms with E-state index in [0.717, 1.165) is 21.5 Å². The summed E-state index contributed by atoms with van der Waals surface area (Å²) >= 11 is 0. The van der Waals surface area contributed by atoms with Gasteiger partial charge in [-0.25, -0.2) is 0 Å². The van der Waals surface area contributed by atoms with Crippen molar-refractivity contribution in [3.8, 4) is 0 Å². The average Bonchev–Trinajstić information content (AvgIpc) is 2.56. The van der Waals surface area contributed by atoms with E-state index in [1.165, 1.54) is 12.2 Å². The monoisotopic (exact) mass is 301 g/mol.